The predicted octanol–water partition coefficient (Wildman–Crippen LogP) is 7.26. The molecule has 6 rings (SSSR count). The first-order valence-corrected chi connectivity index (χ1v) is 15.4. The molecule has 0 spiro atoms. The summed E-state index contributed by atoms with van der Waals surface area (Å²) in [5.41, 5.74) is 1.21. The summed E-state index contributed by atoms with van der Waals surface area (Å²) in [6, 6.07) is 8.58. The van der Waals surface area contributed by atoms with E-state index in [1.54, 1.807) is 18.3 Å². The Hall–Kier alpha value is -4.29. The molecule has 2 aromatic heterocycles. The summed E-state index contributed by atoms with van der Waals surface area (Å²) in [5.74, 6) is -4.00. The zero-order valence-corrected chi connectivity index (χ0v) is 25.0. The Kier molecular flexibility index (Phi) is 7.66. The minimum atomic E-state index is -1.75. The van der Waals surface area contributed by atoms with Crippen LogP contribution in [0.1, 0.15) is 36.6 Å². The molecule has 1 aliphatic heterocycles. The number of ether oxygens (including phenoxy) is 2. The summed E-state index contributed by atoms with van der Waals surface area (Å²) in [7, 11) is -1.75. The minimum absolute atomic E-state index is 0.000600. The molecule has 2 atom stereocenters. The minimum Gasteiger partial charge on any atom is -0.493 e. The Morgan fingerprint density at radius 2 is 2.00 bits per heavy atom. The molecule has 0 unspecified atom stereocenters. The summed E-state index contributed by atoms with van der Waals surface area (Å²) in [5, 5.41) is 9.81. The molecular weight excluding hydrogens is 619 g/mol. The van der Waals surface area contributed by atoms with Crippen LogP contribution >= 0.6 is 11.6 Å². The van der Waals surface area contributed by atoms with Crippen LogP contribution in [0.15, 0.2) is 53.7 Å². The maximum absolute atomic E-state index is 15.2. The molecule has 0 fully saturated rings. The number of carbonyl (C=O) groups is 1. The molecule has 44 heavy (non-hydrogen) atoms. The lowest BCUT2D eigenvalue weighted by atomic mass is 9.74. The zero-order valence-electron chi connectivity index (χ0n) is 23.4. The van der Waals surface area contributed by atoms with E-state index >= 15 is 8.78 Å². The smallest absolute Gasteiger partial charge is 0.303 e. The fourth-order valence-corrected chi connectivity index (χ4v) is 6.70. The highest BCUT2D eigenvalue weighted by Gasteiger charge is 2.38. The Labute approximate surface area is 256 Å². The number of nitrogens with one attached hydrogen (secondary N) is 2. The van der Waals surface area contributed by atoms with Gasteiger partial charge in [0.1, 0.15) is 23.1 Å². The fraction of sp³-hybridized carbons (Fsp3) is 0.226. The highest BCUT2D eigenvalue weighted by molar-refractivity contribution is 7.84. The number of imidazole rings is 1. The zero-order chi connectivity index (χ0) is 31.3. The molecule has 5 aromatic rings. The van der Waals surface area contributed by atoms with Crippen LogP contribution in [0.5, 0.6) is 17.2 Å². The van der Waals surface area contributed by atoms with Gasteiger partial charge < -0.3 is 24.5 Å². The number of aromatic amines is 2. The van der Waals surface area contributed by atoms with E-state index in [4.69, 9.17) is 21.1 Å². The van der Waals surface area contributed by atoms with Gasteiger partial charge in [-0.3, -0.25) is 9.00 Å². The summed E-state index contributed by atoms with van der Waals surface area (Å²) in [6.07, 6.45) is 4.96. The number of carboxylic acid groups (broad SMARTS) is 1. The molecule has 13 heteroatoms. The molecule has 0 radical (unpaired) electrons. The van der Waals surface area contributed by atoms with Crippen molar-refractivity contribution in [3.05, 3.63) is 88.1 Å². The van der Waals surface area contributed by atoms with Gasteiger partial charge in [0.25, 0.3) is 0 Å². The molecule has 1 aliphatic rings. The number of aliphatic carboxylic acids is 1. The van der Waals surface area contributed by atoms with Crippen LogP contribution in [0.25, 0.3) is 22.3 Å². The molecule has 0 saturated carbocycles. The summed E-state index contributed by atoms with van der Waals surface area (Å²) >= 11 is 6.43. The van der Waals surface area contributed by atoms with E-state index in [1.807, 2.05) is 6.92 Å². The number of hydrogen-bond acceptors (Lipinski definition) is 5. The van der Waals surface area contributed by atoms with Crippen molar-refractivity contribution < 1.29 is 36.8 Å². The average molecular weight is 644 g/mol. The van der Waals surface area contributed by atoms with Crippen molar-refractivity contribution in [1.82, 2.24) is 15.0 Å². The number of hydrogen-bond donors (Lipinski definition) is 3. The lowest BCUT2D eigenvalue weighted by Gasteiger charge is -2.36. The summed E-state index contributed by atoms with van der Waals surface area (Å²) < 4.78 is 69.4. The largest absolute Gasteiger partial charge is 0.493 e. The Balaban J connectivity index is 1.38. The summed E-state index contributed by atoms with van der Waals surface area (Å²) in [4.78, 5) is 21.4. The maximum atomic E-state index is 15.2. The van der Waals surface area contributed by atoms with Crippen molar-refractivity contribution in [2.24, 2.45) is 0 Å². The van der Waals surface area contributed by atoms with Crippen molar-refractivity contribution in [2.75, 3.05) is 12.9 Å². The topological polar surface area (TPSA) is 117 Å². The Bertz CT molecular complexity index is 1980. The molecule has 228 valence electrons. The molecule has 3 aromatic carbocycles. The second-order valence-corrected chi connectivity index (χ2v) is 12.4. The van der Waals surface area contributed by atoms with Crippen molar-refractivity contribution in [2.45, 2.75) is 36.5 Å². The van der Waals surface area contributed by atoms with E-state index in [1.165, 1.54) is 30.7 Å². The molecule has 8 nitrogen and oxygen atoms in total. The van der Waals surface area contributed by atoms with Gasteiger partial charge in [-0.15, -0.1) is 0 Å². The molecule has 0 amide bonds. The number of rotatable bonds is 8. The van der Waals surface area contributed by atoms with Gasteiger partial charge in [0, 0.05) is 52.2 Å². The predicted molar refractivity (Wildman–Crippen MR) is 159 cm³/mol. The van der Waals surface area contributed by atoms with Gasteiger partial charge in [-0.2, -0.15) is 4.39 Å². The number of aromatic nitrogens is 3. The molecule has 0 aliphatic carbocycles. The first-order valence-electron chi connectivity index (χ1n) is 13.5. The number of fused-ring (bicyclic) bond motifs is 2. The normalized spacial score (nSPS) is 16.9. The number of benzene rings is 3. The van der Waals surface area contributed by atoms with E-state index in [9.17, 15) is 18.5 Å². The number of nitrogens with zero attached hydrogens (tertiary/aromatic N) is 1. The molecular formula is C31H25ClF3N3O5S. The van der Waals surface area contributed by atoms with Crippen molar-refractivity contribution in [3.8, 4) is 28.6 Å². The number of carboxylic acids is 1. The highest BCUT2D eigenvalue weighted by atomic mass is 35.5. The monoisotopic (exact) mass is 643 g/mol. The van der Waals surface area contributed by atoms with E-state index < -0.39 is 45.4 Å². The first-order chi connectivity index (χ1) is 21.0. The van der Waals surface area contributed by atoms with Crippen LogP contribution in [0.4, 0.5) is 13.2 Å². The lowest BCUT2D eigenvalue weighted by Crippen LogP contribution is -2.32. The van der Waals surface area contributed by atoms with E-state index in [-0.39, 0.29) is 45.8 Å². The van der Waals surface area contributed by atoms with Crippen LogP contribution in [0.3, 0.4) is 0 Å². The van der Waals surface area contributed by atoms with Crippen LogP contribution in [0, 0.1) is 17.5 Å². The van der Waals surface area contributed by atoms with Crippen LogP contribution < -0.4 is 9.47 Å². The summed E-state index contributed by atoms with van der Waals surface area (Å²) in [6.45, 7) is 2.30. The van der Waals surface area contributed by atoms with E-state index in [0.29, 0.717) is 35.1 Å². The Morgan fingerprint density at radius 3 is 2.75 bits per heavy atom. The second kappa shape index (κ2) is 11.3. The average Bonchev–Trinajstić information content (AvgIpc) is 3.67. The molecule has 3 heterocycles. The SMILES string of the molecule is C[S@](=O)c1c(Oc2ccc(F)c(-c3ncc([C@@]4(C)CCOc5c(CCC(=O)O)cc(Cl)cc54)[nH]3)c2)c(F)c(F)c2[nH]ccc12. The third-order valence-electron chi connectivity index (χ3n) is 7.86. The lowest BCUT2D eigenvalue weighted by molar-refractivity contribution is -0.136. The molecule has 0 bridgehead atoms. The number of H-pyrrole nitrogens is 2. The van der Waals surface area contributed by atoms with E-state index in [0.717, 1.165) is 11.6 Å². The number of halogens is 4. The van der Waals surface area contributed by atoms with Crippen molar-refractivity contribution in [1.29, 1.82) is 0 Å². The van der Waals surface area contributed by atoms with Gasteiger partial charge in [-0.1, -0.05) is 11.6 Å². The van der Waals surface area contributed by atoms with Crippen LogP contribution in [-0.4, -0.2) is 43.1 Å². The van der Waals surface area contributed by atoms with E-state index in [2.05, 4.69) is 15.0 Å². The van der Waals surface area contributed by atoms with Gasteiger partial charge in [-0.25, -0.2) is 13.8 Å². The second-order valence-electron chi connectivity index (χ2n) is 10.7. The van der Waals surface area contributed by atoms with Gasteiger partial charge in [-0.05, 0) is 61.7 Å². The molecule has 3 N–H and O–H groups in total. The Morgan fingerprint density at radius 1 is 1.20 bits per heavy atom. The highest BCUT2D eigenvalue weighted by Crippen LogP contribution is 2.46. The fourth-order valence-electron chi connectivity index (χ4n) is 5.58. The standard InChI is InChI=1S/C31H25ClF3N3O5S/c1-31(8-10-42-27-15(3-6-23(39)40)11-16(32)12-20(27)31)22-14-37-30(38-22)19-13-17(4-5-21(19)33)43-28-25(35)24(34)26-18(7-9-36-26)29(28)44(2)41/h4-5,7,9,11-14,36H,3,6,8,10H2,1-2H3,(H,37,38)(H,39,40)/t31-,44-/m0/s1. The third-order valence-corrected chi connectivity index (χ3v) is 9.06. The van der Waals surface area contributed by atoms with Gasteiger partial charge >= 0.3 is 5.97 Å². The van der Waals surface area contributed by atoms with Gasteiger partial charge in [0.15, 0.2) is 11.6 Å². The maximum Gasteiger partial charge on any atom is 0.303 e. The molecule has 0 saturated heterocycles. The quantitative estimate of drug-likeness (QED) is 0.164. The van der Waals surface area contributed by atoms with Crippen LogP contribution in [0.2, 0.25) is 5.02 Å². The van der Waals surface area contributed by atoms with Crippen molar-refractivity contribution in [3.63, 3.8) is 0 Å². The number of aryl methyl sites for hydroxylation is 1. The first kappa shape index (κ1) is 29.8. The van der Waals surface area contributed by atoms with Crippen LogP contribution in [-0.2, 0) is 27.4 Å². The van der Waals surface area contributed by atoms with Crippen molar-refractivity contribution >= 4 is 39.3 Å². The third kappa shape index (κ3) is 5.11. The van der Waals surface area contributed by atoms with Gasteiger partial charge in [0.05, 0.1) is 33.4 Å². The van der Waals surface area contributed by atoms with Gasteiger partial charge in [0.2, 0.25) is 5.82 Å².